The maximum absolute atomic E-state index is 4.76. The number of pyridine rings is 1. The molecule has 0 aliphatic heterocycles. The summed E-state index contributed by atoms with van der Waals surface area (Å²) in [6.07, 6.45) is 0. The lowest BCUT2D eigenvalue weighted by Crippen LogP contribution is -1.95. The number of rotatable bonds is 1. The fourth-order valence-corrected chi connectivity index (χ4v) is 2.96. The Morgan fingerprint density at radius 3 is 2.82 bits per heavy atom. The zero-order valence-electron chi connectivity index (χ0n) is 10.2. The van der Waals surface area contributed by atoms with E-state index in [9.17, 15) is 0 Å². The zero-order valence-corrected chi connectivity index (χ0v) is 11.0. The van der Waals surface area contributed by atoms with Gasteiger partial charge in [-0.25, -0.2) is 4.98 Å². The zero-order chi connectivity index (χ0) is 12.0. The van der Waals surface area contributed by atoms with E-state index in [-0.39, 0.29) is 0 Å². The highest BCUT2D eigenvalue weighted by molar-refractivity contribution is 7.17. The third-order valence-electron chi connectivity index (χ3n) is 2.99. The van der Waals surface area contributed by atoms with E-state index >= 15 is 0 Å². The van der Waals surface area contributed by atoms with Crippen molar-refractivity contribution in [1.82, 2.24) is 9.97 Å². The first-order chi connectivity index (χ1) is 8.16. The van der Waals surface area contributed by atoms with E-state index in [0.29, 0.717) is 5.92 Å². The smallest absolute Gasteiger partial charge is 0.104 e. The Bertz CT molecular complexity index is 698. The van der Waals surface area contributed by atoms with Gasteiger partial charge in [0.15, 0.2) is 0 Å². The summed E-state index contributed by atoms with van der Waals surface area (Å²) >= 11 is 1.71. The summed E-state index contributed by atoms with van der Waals surface area (Å²) in [5.74, 6) is 0.408. The van der Waals surface area contributed by atoms with Crippen molar-refractivity contribution >= 4 is 32.5 Å². The molecule has 2 heterocycles. The highest BCUT2D eigenvalue weighted by Crippen LogP contribution is 2.32. The predicted octanol–water partition coefficient (Wildman–Crippen LogP) is 4.28. The van der Waals surface area contributed by atoms with Crippen molar-refractivity contribution in [3.63, 3.8) is 0 Å². The van der Waals surface area contributed by atoms with Gasteiger partial charge in [0.1, 0.15) is 5.52 Å². The molecule has 0 bridgehead atoms. The van der Waals surface area contributed by atoms with Crippen LogP contribution in [-0.2, 0) is 0 Å². The summed E-state index contributed by atoms with van der Waals surface area (Å²) in [5.41, 5.74) is 6.45. The van der Waals surface area contributed by atoms with Crippen molar-refractivity contribution in [2.75, 3.05) is 0 Å². The normalized spacial score (nSPS) is 11.8. The van der Waals surface area contributed by atoms with Gasteiger partial charge in [0.25, 0.3) is 0 Å². The Morgan fingerprint density at radius 1 is 1.24 bits per heavy atom. The molecule has 2 nitrogen and oxygen atoms in total. The number of fused-ring (bicyclic) bond motifs is 3. The number of aromatic nitrogens is 2. The van der Waals surface area contributed by atoms with E-state index in [1.54, 1.807) is 11.3 Å². The summed E-state index contributed by atoms with van der Waals surface area (Å²) < 4.78 is 1.27. The molecule has 0 amide bonds. The standard InChI is InChI=1S/C14H14N2S/c1-8(2)12-13-14(17-7-15-13)10-6-9(3)4-5-11(10)16-12/h4-8H,1-3H3. The van der Waals surface area contributed by atoms with E-state index < -0.39 is 0 Å². The van der Waals surface area contributed by atoms with Crippen LogP contribution in [0.2, 0.25) is 0 Å². The third-order valence-corrected chi connectivity index (χ3v) is 3.85. The lowest BCUT2D eigenvalue weighted by atomic mass is 10.1. The van der Waals surface area contributed by atoms with Crippen LogP contribution in [0.25, 0.3) is 21.1 Å². The van der Waals surface area contributed by atoms with E-state index in [0.717, 1.165) is 16.7 Å². The Labute approximate surface area is 104 Å². The largest absolute Gasteiger partial charge is 0.250 e. The molecule has 17 heavy (non-hydrogen) atoms. The predicted molar refractivity (Wildman–Crippen MR) is 73.7 cm³/mol. The van der Waals surface area contributed by atoms with Crippen LogP contribution >= 0.6 is 11.3 Å². The summed E-state index contributed by atoms with van der Waals surface area (Å²) in [6.45, 7) is 6.45. The molecule has 86 valence electrons. The second-order valence-electron chi connectivity index (χ2n) is 4.70. The van der Waals surface area contributed by atoms with Gasteiger partial charge in [-0.05, 0) is 25.0 Å². The van der Waals surface area contributed by atoms with Crippen LogP contribution < -0.4 is 0 Å². The van der Waals surface area contributed by atoms with E-state index in [4.69, 9.17) is 4.98 Å². The average molecular weight is 242 g/mol. The molecule has 0 atom stereocenters. The van der Waals surface area contributed by atoms with Gasteiger partial charge in [0.05, 0.1) is 21.4 Å². The molecule has 3 rings (SSSR count). The summed E-state index contributed by atoms with van der Waals surface area (Å²) in [4.78, 5) is 9.24. The Morgan fingerprint density at radius 2 is 2.06 bits per heavy atom. The Hall–Kier alpha value is -1.48. The molecular formula is C14H14N2S. The Balaban J connectivity index is 2.51. The second kappa shape index (κ2) is 3.77. The molecule has 2 aromatic heterocycles. The number of hydrogen-bond donors (Lipinski definition) is 0. The van der Waals surface area contributed by atoms with Crippen LogP contribution in [0.1, 0.15) is 31.0 Å². The van der Waals surface area contributed by atoms with Crippen molar-refractivity contribution in [1.29, 1.82) is 0 Å². The fraction of sp³-hybridized carbons (Fsp3) is 0.286. The van der Waals surface area contributed by atoms with Gasteiger partial charge in [-0.3, -0.25) is 4.98 Å². The molecule has 0 saturated heterocycles. The molecule has 3 aromatic rings. The minimum Gasteiger partial charge on any atom is -0.250 e. The third kappa shape index (κ3) is 1.62. The van der Waals surface area contributed by atoms with Gasteiger partial charge in [0, 0.05) is 5.39 Å². The minimum atomic E-state index is 0.408. The molecule has 3 heteroatoms. The SMILES string of the molecule is Cc1ccc2nc(C(C)C)c3ncsc3c2c1. The molecule has 0 aliphatic carbocycles. The maximum Gasteiger partial charge on any atom is 0.104 e. The topological polar surface area (TPSA) is 25.8 Å². The van der Waals surface area contributed by atoms with Crippen LogP contribution in [0, 0.1) is 6.92 Å². The Kier molecular flexibility index (Phi) is 2.37. The molecule has 0 N–H and O–H groups in total. The first kappa shape index (κ1) is 10.7. The van der Waals surface area contributed by atoms with Crippen molar-refractivity contribution in [2.24, 2.45) is 0 Å². The van der Waals surface area contributed by atoms with Crippen molar-refractivity contribution in [3.8, 4) is 0 Å². The van der Waals surface area contributed by atoms with Gasteiger partial charge < -0.3 is 0 Å². The number of hydrogen-bond acceptors (Lipinski definition) is 3. The molecule has 0 aliphatic rings. The molecule has 0 spiro atoms. The van der Waals surface area contributed by atoms with Crippen LogP contribution in [0.4, 0.5) is 0 Å². The summed E-state index contributed by atoms with van der Waals surface area (Å²) in [6, 6.07) is 6.43. The van der Waals surface area contributed by atoms with Crippen molar-refractivity contribution in [3.05, 3.63) is 35.0 Å². The van der Waals surface area contributed by atoms with Gasteiger partial charge in [-0.1, -0.05) is 25.5 Å². The molecule has 0 saturated carbocycles. The molecular weight excluding hydrogens is 228 g/mol. The van der Waals surface area contributed by atoms with Gasteiger partial charge in [-0.2, -0.15) is 0 Å². The van der Waals surface area contributed by atoms with Crippen molar-refractivity contribution < 1.29 is 0 Å². The minimum absolute atomic E-state index is 0.408. The fourth-order valence-electron chi connectivity index (χ4n) is 2.13. The first-order valence-electron chi connectivity index (χ1n) is 5.80. The maximum atomic E-state index is 4.76. The van der Waals surface area contributed by atoms with Gasteiger partial charge >= 0.3 is 0 Å². The molecule has 1 aromatic carbocycles. The number of nitrogens with zero attached hydrogens (tertiary/aromatic N) is 2. The quantitative estimate of drug-likeness (QED) is 0.636. The highest BCUT2D eigenvalue weighted by atomic mass is 32.1. The lowest BCUT2D eigenvalue weighted by Gasteiger charge is -2.08. The van der Waals surface area contributed by atoms with E-state index in [2.05, 4.69) is 44.0 Å². The van der Waals surface area contributed by atoms with Gasteiger partial charge in [-0.15, -0.1) is 11.3 Å². The number of benzene rings is 1. The second-order valence-corrected chi connectivity index (χ2v) is 5.56. The van der Waals surface area contributed by atoms with Crippen molar-refractivity contribution in [2.45, 2.75) is 26.7 Å². The molecule has 0 unspecified atom stereocenters. The van der Waals surface area contributed by atoms with E-state index in [1.165, 1.54) is 15.6 Å². The molecule has 0 fully saturated rings. The van der Waals surface area contributed by atoms with Crippen LogP contribution in [0.15, 0.2) is 23.7 Å². The van der Waals surface area contributed by atoms with E-state index in [1.807, 2.05) is 5.51 Å². The van der Waals surface area contributed by atoms with Gasteiger partial charge in [0.2, 0.25) is 0 Å². The first-order valence-corrected chi connectivity index (χ1v) is 6.68. The van der Waals surface area contributed by atoms with Crippen LogP contribution in [0.3, 0.4) is 0 Å². The number of thiazole rings is 1. The highest BCUT2D eigenvalue weighted by Gasteiger charge is 2.13. The number of aryl methyl sites for hydroxylation is 1. The van der Waals surface area contributed by atoms with Crippen LogP contribution in [0.5, 0.6) is 0 Å². The summed E-state index contributed by atoms with van der Waals surface area (Å²) in [7, 11) is 0. The lowest BCUT2D eigenvalue weighted by molar-refractivity contribution is 0.838. The molecule has 0 radical (unpaired) electrons. The monoisotopic (exact) mass is 242 g/mol. The average Bonchev–Trinajstić information content (AvgIpc) is 2.76. The summed E-state index contributed by atoms with van der Waals surface area (Å²) in [5, 5.41) is 1.23. The van der Waals surface area contributed by atoms with Crippen LogP contribution in [-0.4, -0.2) is 9.97 Å².